The van der Waals surface area contributed by atoms with Gasteiger partial charge in [0, 0.05) is 25.3 Å². The van der Waals surface area contributed by atoms with E-state index in [-0.39, 0.29) is 0 Å². The van der Waals surface area contributed by atoms with Gasteiger partial charge >= 0.3 is 0 Å². The van der Waals surface area contributed by atoms with Crippen LogP contribution in [-0.2, 0) is 0 Å². The zero-order valence-corrected chi connectivity index (χ0v) is 8.14. The van der Waals surface area contributed by atoms with Crippen LogP contribution in [0.2, 0.25) is 0 Å². The molecule has 0 amide bonds. The molecule has 0 spiro atoms. The van der Waals surface area contributed by atoms with Gasteiger partial charge in [0.1, 0.15) is 0 Å². The lowest BCUT2D eigenvalue weighted by Crippen LogP contribution is -2.07. The van der Waals surface area contributed by atoms with Crippen molar-refractivity contribution in [1.29, 1.82) is 0 Å². The Hall–Kier alpha value is -1.84. The number of nitrogens with zero attached hydrogens (tertiary/aromatic N) is 3. The summed E-state index contributed by atoms with van der Waals surface area (Å²) in [5, 5.41) is 7.46. The van der Waals surface area contributed by atoms with Crippen LogP contribution in [0.4, 0.5) is 5.69 Å². The summed E-state index contributed by atoms with van der Waals surface area (Å²) in [6, 6.07) is 7.95. The molecule has 1 heterocycles. The molecule has 0 aliphatic rings. The molecule has 14 heavy (non-hydrogen) atoms. The lowest BCUT2D eigenvalue weighted by Gasteiger charge is -2.11. The molecule has 2 rings (SSSR count). The van der Waals surface area contributed by atoms with E-state index in [1.807, 2.05) is 43.3 Å². The maximum Gasteiger partial charge on any atom is 0.247 e. The van der Waals surface area contributed by atoms with E-state index in [1.165, 1.54) is 6.39 Å². The largest absolute Gasteiger partial charge is 0.423 e. The van der Waals surface area contributed by atoms with Crippen LogP contribution in [0.5, 0.6) is 0 Å². The van der Waals surface area contributed by atoms with Crippen molar-refractivity contribution in [3.8, 4) is 11.5 Å². The molecule has 0 bridgehead atoms. The molecular weight excluding hydrogens is 178 g/mol. The SMILES string of the molecule is CN(C)c1ccc(-c2nnco2)cc1. The molecule has 4 nitrogen and oxygen atoms in total. The Morgan fingerprint density at radius 1 is 1.14 bits per heavy atom. The first kappa shape index (κ1) is 8.74. The number of anilines is 1. The number of rotatable bonds is 2. The van der Waals surface area contributed by atoms with Crippen LogP contribution >= 0.6 is 0 Å². The number of hydrogen-bond donors (Lipinski definition) is 0. The fraction of sp³-hybridized carbons (Fsp3) is 0.200. The van der Waals surface area contributed by atoms with Gasteiger partial charge < -0.3 is 9.32 Å². The molecule has 0 aliphatic carbocycles. The lowest BCUT2D eigenvalue weighted by atomic mass is 10.2. The predicted octanol–water partition coefficient (Wildman–Crippen LogP) is 1.80. The van der Waals surface area contributed by atoms with Gasteiger partial charge in [-0.2, -0.15) is 0 Å². The average Bonchev–Trinajstić information content (AvgIpc) is 2.71. The predicted molar refractivity (Wildman–Crippen MR) is 54.1 cm³/mol. The molecule has 0 unspecified atom stereocenters. The van der Waals surface area contributed by atoms with Gasteiger partial charge in [-0.25, -0.2) is 0 Å². The minimum absolute atomic E-state index is 0.551. The van der Waals surface area contributed by atoms with E-state index in [1.54, 1.807) is 0 Å². The van der Waals surface area contributed by atoms with Gasteiger partial charge in [0.25, 0.3) is 0 Å². The molecule has 0 N–H and O–H groups in total. The summed E-state index contributed by atoms with van der Waals surface area (Å²) >= 11 is 0. The Morgan fingerprint density at radius 3 is 2.36 bits per heavy atom. The van der Waals surface area contributed by atoms with Crippen molar-refractivity contribution in [2.75, 3.05) is 19.0 Å². The summed E-state index contributed by atoms with van der Waals surface area (Å²) in [4.78, 5) is 2.04. The molecule has 4 heteroatoms. The number of hydrogen-bond acceptors (Lipinski definition) is 4. The standard InChI is InChI=1S/C10H11N3O/c1-13(2)9-5-3-8(4-6-9)10-12-11-7-14-10/h3-7H,1-2H3. The second-order valence-corrected chi connectivity index (χ2v) is 3.19. The Kier molecular flexibility index (Phi) is 2.18. The molecule has 0 saturated heterocycles. The van der Waals surface area contributed by atoms with Crippen LogP contribution in [0.15, 0.2) is 35.1 Å². The Bertz CT molecular complexity index is 392. The fourth-order valence-corrected chi connectivity index (χ4v) is 1.20. The van der Waals surface area contributed by atoms with Crippen molar-refractivity contribution in [2.45, 2.75) is 0 Å². The minimum atomic E-state index is 0.551. The Balaban J connectivity index is 2.31. The minimum Gasteiger partial charge on any atom is -0.423 e. The molecule has 0 saturated carbocycles. The molecule has 72 valence electrons. The highest BCUT2D eigenvalue weighted by Gasteiger charge is 2.02. The smallest absolute Gasteiger partial charge is 0.247 e. The summed E-state index contributed by atoms with van der Waals surface area (Å²) < 4.78 is 5.08. The molecule has 1 aromatic carbocycles. The monoisotopic (exact) mass is 189 g/mol. The van der Waals surface area contributed by atoms with Crippen molar-refractivity contribution in [3.05, 3.63) is 30.7 Å². The number of benzene rings is 1. The highest BCUT2D eigenvalue weighted by molar-refractivity contribution is 5.58. The first-order valence-electron chi connectivity index (χ1n) is 4.31. The maximum atomic E-state index is 5.08. The highest BCUT2D eigenvalue weighted by atomic mass is 16.4. The zero-order chi connectivity index (χ0) is 9.97. The first-order valence-corrected chi connectivity index (χ1v) is 4.31. The van der Waals surface area contributed by atoms with E-state index in [0.29, 0.717) is 5.89 Å². The third kappa shape index (κ3) is 1.59. The maximum absolute atomic E-state index is 5.08. The van der Waals surface area contributed by atoms with Crippen LogP contribution in [0, 0.1) is 0 Å². The fourth-order valence-electron chi connectivity index (χ4n) is 1.20. The first-order chi connectivity index (χ1) is 6.77. The molecule has 0 atom stereocenters. The lowest BCUT2D eigenvalue weighted by molar-refractivity contribution is 0.568. The second kappa shape index (κ2) is 3.49. The Labute approximate surface area is 82.2 Å². The summed E-state index contributed by atoms with van der Waals surface area (Å²) in [6.45, 7) is 0. The van der Waals surface area contributed by atoms with Gasteiger partial charge in [-0.3, -0.25) is 0 Å². The third-order valence-electron chi connectivity index (χ3n) is 1.99. The van der Waals surface area contributed by atoms with Crippen molar-refractivity contribution in [2.24, 2.45) is 0 Å². The van der Waals surface area contributed by atoms with E-state index in [2.05, 4.69) is 10.2 Å². The van der Waals surface area contributed by atoms with E-state index in [9.17, 15) is 0 Å². The molecule has 1 aromatic heterocycles. The van der Waals surface area contributed by atoms with Gasteiger partial charge in [0.2, 0.25) is 12.3 Å². The van der Waals surface area contributed by atoms with Gasteiger partial charge in [0.15, 0.2) is 0 Å². The molecule has 0 aliphatic heterocycles. The summed E-state index contributed by atoms with van der Waals surface area (Å²) in [5.74, 6) is 0.551. The van der Waals surface area contributed by atoms with Gasteiger partial charge in [-0.1, -0.05) is 0 Å². The van der Waals surface area contributed by atoms with E-state index in [0.717, 1.165) is 11.3 Å². The normalized spacial score (nSPS) is 10.1. The molecule has 0 radical (unpaired) electrons. The van der Waals surface area contributed by atoms with Crippen LogP contribution in [0.3, 0.4) is 0 Å². The van der Waals surface area contributed by atoms with E-state index in [4.69, 9.17) is 4.42 Å². The third-order valence-corrected chi connectivity index (χ3v) is 1.99. The zero-order valence-electron chi connectivity index (χ0n) is 8.14. The highest BCUT2D eigenvalue weighted by Crippen LogP contribution is 2.19. The van der Waals surface area contributed by atoms with E-state index >= 15 is 0 Å². The van der Waals surface area contributed by atoms with Crippen molar-refractivity contribution in [1.82, 2.24) is 10.2 Å². The summed E-state index contributed by atoms with van der Waals surface area (Å²) in [6.07, 6.45) is 1.33. The average molecular weight is 189 g/mol. The van der Waals surface area contributed by atoms with Crippen LogP contribution < -0.4 is 4.90 Å². The summed E-state index contributed by atoms with van der Waals surface area (Å²) in [5.41, 5.74) is 2.08. The molecule has 2 aromatic rings. The van der Waals surface area contributed by atoms with Crippen molar-refractivity contribution in [3.63, 3.8) is 0 Å². The van der Waals surface area contributed by atoms with E-state index < -0.39 is 0 Å². The molecular formula is C10H11N3O. The van der Waals surface area contributed by atoms with Gasteiger partial charge in [0.05, 0.1) is 0 Å². The van der Waals surface area contributed by atoms with Gasteiger partial charge in [-0.05, 0) is 24.3 Å². The molecule has 0 fully saturated rings. The Morgan fingerprint density at radius 2 is 1.86 bits per heavy atom. The quantitative estimate of drug-likeness (QED) is 0.722. The number of aromatic nitrogens is 2. The second-order valence-electron chi connectivity index (χ2n) is 3.19. The van der Waals surface area contributed by atoms with Crippen molar-refractivity contribution >= 4 is 5.69 Å². The van der Waals surface area contributed by atoms with Crippen LogP contribution in [-0.4, -0.2) is 24.3 Å². The van der Waals surface area contributed by atoms with Crippen LogP contribution in [0.1, 0.15) is 0 Å². The van der Waals surface area contributed by atoms with Crippen molar-refractivity contribution < 1.29 is 4.42 Å². The van der Waals surface area contributed by atoms with Crippen LogP contribution in [0.25, 0.3) is 11.5 Å². The topological polar surface area (TPSA) is 42.2 Å². The van der Waals surface area contributed by atoms with Gasteiger partial charge in [-0.15, -0.1) is 10.2 Å². The summed E-state index contributed by atoms with van der Waals surface area (Å²) in [7, 11) is 4.00.